The van der Waals surface area contributed by atoms with Crippen molar-refractivity contribution in [1.29, 1.82) is 0 Å². The minimum absolute atomic E-state index is 0.540. The third-order valence-electron chi connectivity index (χ3n) is 7.22. The maximum absolute atomic E-state index is 4.40. The minimum atomic E-state index is 0.540. The Bertz CT molecular complexity index is 1550. The Hall–Kier alpha value is -3.85. The van der Waals surface area contributed by atoms with Crippen molar-refractivity contribution in [3.05, 3.63) is 113 Å². The van der Waals surface area contributed by atoms with Gasteiger partial charge in [0, 0.05) is 29.4 Å². The van der Waals surface area contributed by atoms with Crippen LogP contribution in [0.4, 0.5) is 0 Å². The molecule has 0 N–H and O–H groups in total. The molecule has 39 heavy (non-hydrogen) atoms. The van der Waals surface area contributed by atoms with E-state index in [1.54, 1.807) is 5.57 Å². The molecule has 0 saturated heterocycles. The van der Waals surface area contributed by atoms with Crippen LogP contribution < -0.4 is 10.6 Å². The Kier molecular flexibility index (Phi) is 9.59. The highest BCUT2D eigenvalue weighted by Crippen LogP contribution is 2.24. The molecule has 0 saturated carbocycles. The van der Waals surface area contributed by atoms with E-state index in [0.717, 1.165) is 17.5 Å². The van der Waals surface area contributed by atoms with Gasteiger partial charge in [-0.1, -0.05) is 102 Å². The smallest absolute Gasteiger partial charge is 0.0736 e. The van der Waals surface area contributed by atoms with Crippen LogP contribution >= 0.6 is 0 Å². The molecule has 6 rings (SSSR count). The van der Waals surface area contributed by atoms with Crippen LogP contribution in [0.15, 0.2) is 91.4 Å². The van der Waals surface area contributed by atoms with E-state index in [2.05, 4.69) is 117 Å². The molecule has 0 amide bonds. The van der Waals surface area contributed by atoms with Crippen LogP contribution in [0.1, 0.15) is 77.3 Å². The normalized spacial score (nSPS) is 12.5. The molecule has 1 aliphatic carbocycles. The van der Waals surface area contributed by atoms with Crippen LogP contribution in [0, 0.1) is 5.92 Å². The number of pyridine rings is 3. The number of aromatic nitrogens is 3. The molecule has 0 fully saturated rings. The van der Waals surface area contributed by atoms with Crippen molar-refractivity contribution >= 4 is 33.5 Å². The molecule has 0 radical (unpaired) electrons. The topological polar surface area (TPSA) is 38.7 Å². The predicted octanol–water partition coefficient (Wildman–Crippen LogP) is 8.18. The molecule has 1 aliphatic rings. The molecule has 3 aromatic heterocycles. The van der Waals surface area contributed by atoms with Gasteiger partial charge < -0.3 is 0 Å². The summed E-state index contributed by atoms with van der Waals surface area (Å²) in [6.07, 6.45) is 10.2. The maximum atomic E-state index is 4.40. The molecule has 5 aromatic rings. The van der Waals surface area contributed by atoms with Gasteiger partial charge in [-0.15, -0.1) is 0 Å². The summed E-state index contributed by atoms with van der Waals surface area (Å²) < 4.78 is 0. The lowest BCUT2D eigenvalue weighted by Gasteiger charge is -2.13. The molecule has 2 aromatic carbocycles. The van der Waals surface area contributed by atoms with Gasteiger partial charge in [-0.3, -0.25) is 15.0 Å². The summed E-state index contributed by atoms with van der Waals surface area (Å²) in [5.74, 6) is 1.75. The summed E-state index contributed by atoms with van der Waals surface area (Å²) in [6.45, 7) is 13.3. The van der Waals surface area contributed by atoms with Crippen molar-refractivity contribution in [1.82, 2.24) is 15.0 Å². The van der Waals surface area contributed by atoms with E-state index in [1.165, 1.54) is 38.9 Å². The molecule has 0 aliphatic heterocycles. The number of benzene rings is 2. The summed E-state index contributed by atoms with van der Waals surface area (Å²) in [5, 5.41) is 5.05. The van der Waals surface area contributed by atoms with E-state index >= 15 is 0 Å². The number of hydrogen-bond acceptors (Lipinski definition) is 3. The fraction of sp³-hybridized carbons (Fsp3) is 0.306. The lowest BCUT2D eigenvalue weighted by Crippen LogP contribution is -2.33. The second kappa shape index (κ2) is 13.3. The van der Waals surface area contributed by atoms with Gasteiger partial charge in [0.1, 0.15) is 0 Å². The molecule has 0 spiro atoms. The Morgan fingerprint density at radius 2 is 1.31 bits per heavy atom. The maximum Gasteiger partial charge on any atom is 0.0736 e. The zero-order valence-electron chi connectivity index (χ0n) is 24.2. The fourth-order valence-electron chi connectivity index (χ4n) is 5.17. The highest BCUT2D eigenvalue weighted by atomic mass is 14.7. The van der Waals surface area contributed by atoms with Gasteiger partial charge in [0.15, 0.2) is 0 Å². The zero-order valence-corrected chi connectivity index (χ0v) is 24.2. The summed E-state index contributed by atoms with van der Waals surface area (Å²) in [7, 11) is 0. The van der Waals surface area contributed by atoms with Crippen LogP contribution in [-0.4, -0.2) is 15.0 Å². The Morgan fingerprint density at radius 3 is 2.08 bits per heavy atom. The molecule has 200 valence electrons. The summed E-state index contributed by atoms with van der Waals surface area (Å²) in [6, 6.07) is 25.0. The summed E-state index contributed by atoms with van der Waals surface area (Å²) in [5.41, 5.74) is 6.50. The molecule has 0 bridgehead atoms. The van der Waals surface area contributed by atoms with E-state index in [4.69, 9.17) is 0 Å². The third kappa shape index (κ3) is 6.97. The van der Waals surface area contributed by atoms with Crippen molar-refractivity contribution in [2.24, 2.45) is 5.92 Å². The molecule has 3 nitrogen and oxygen atoms in total. The molecule has 0 unspecified atom stereocenters. The van der Waals surface area contributed by atoms with Gasteiger partial charge in [-0.2, -0.15) is 0 Å². The van der Waals surface area contributed by atoms with Crippen molar-refractivity contribution < 1.29 is 0 Å². The predicted molar refractivity (Wildman–Crippen MR) is 167 cm³/mol. The summed E-state index contributed by atoms with van der Waals surface area (Å²) in [4.78, 5) is 13.1. The first-order valence-electron chi connectivity index (χ1n) is 14.2. The van der Waals surface area contributed by atoms with Crippen LogP contribution in [-0.2, 0) is 0 Å². The van der Waals surface area contributed by atoms with Crippen LogP contribution in [0.2, 0.25) is 0 Å². The first kappa shape index (κ1) is 28.2. The molecule has 3 heteroatoms. The van der Waals surface area contributed by atoms with Crippen LogP contribution in [0.5, 0.6) is 0 Å². The van der Waals surface area contributed by atoms with Crippen molar-refractivity contribution in [2.75, 3.05) is 0 Å². The van der Waals surface area contributed by atoms with E-state index in [9.17, 15) is 0 Å². The Balaban J connectivity index is 0.000000136. The standard InChI is InChI=1S/C12H15N.2C12H13N/c1-9(2)10-5-3-7-12-11(10)6-4-8-13-12;1-9(2)11-7-3-5-10-6-4-8-13-12(10)11;1-9(2)10-7-8-13-12-6-4-3-5-11(10)12/h4,6-9H,3,5H2,1-2H3;2*3-9H,1-2H3. The minimum Gasteiger partial charge on any atom is -0.257 e. The summed E-state index contributed by atoms with van der Waals surface area (Å²) >= 11 is 0. The second-order valence-corrected chi connectivity index (χ2v) is 11.0. The van der Waals surface area contributed by atoms with E-state index in [-0.39, 0.29) is 0 Å². The largest absolute Gasteiger partial charge is 0.257 e. The van der Waals surface area contributed by atoms with Crippen LogP contribution in [0.3, 0.4) is 0 Å². The quantitative estimate of drug-likeness (QED) is 0.243. The van der Waals surface area contributed by atoms with Gasteiger partial charge in [-0.25, -0.2) is 0 Å². The molecule has 3 heterocycles. The fourth-order valence-corrected chi connectivity index (χ4v) is 5.17. The monoisotopic (exact) mass is 515 g/mol. The Labute approximate surface area is 233 Å². The van der Waals surface area contributed by atoms with Crippen molar-refractivity contribution in [2.45, 2.75) is 66.2 Å². The number of hydrogen-bond donors (Lipinski definition) is 0. The SMILES string of the molecule is CC(C)C1=c2cccnc2=CCC1.CC(C)c1cccc2cccnc12.CC(C)c1ccnc2ccccc12. The zero-order chi connectivity index (χ0) is 27.8. The number of rotatable bonds is 3. The van der Waals surface area contributed by atoms with E-state index in [0.29, 0.717) is 17.8 Å². The second-order valence-electron chi connectivity index (χ2n) is 11.0. The lowest BCUT2D eigenvalue weighted by molar-refractivity contribution is 0.794. The lowest BCUT2D eigenvalue weighted by atomic mass is 9.93. The van der Waals surface area contributed by atoms with Gasteiger partial charge in [-0.05, 0) is 71.2 Å². The number of nitrogens with zero attached hydrogens (tertiary/aromatic N) is 3. The van der Waals surface area contributed by atoms with Gasteiger partial charge in [0.25, 0.3) is 0 Å². The van der Waals surface area contributed by atoms with Gasteiger partial charge in [0.2, 0.25) is 0 Å². The van der Waals surface area contributed by atoms with Gasteiger partial charge in [0.05, 0.1) is 16.4 Å². The average Bonchev–Trinajstić information content (AvgIpc) is 2.96. The van der Waals surface area contributed by atoms with Crippen molar-refractivity contribution in [3.63, 3.8) is 0 Å². The average molecular weight is 516 g/mol. The first-order chi connectivity index (χ1) is 18.9. The van der Waals surface area contributed by atoms with Gasteiger partial charge >= 0.3 is 0 Å². The van der Waals surface area contributed by atoms with E-state index < -0.39 is 0 Å². The Morgan fingerprint density at radius 1 is 0.590 bits per heavy atom. The highest BCUT2D eigenvalue weighted by molar-refractivity contribution is 5.82. The van der Waals surface area contributed by atoms with Crippen LogP contribution in [0.25, 0.3) is 33.5 Å². The molecular formula is C36H41N3. The molecule has 0 atom stereocenters. The third-order valence-corrected chi connectivity index (χ3v) is 7.22. The molecular weight excluding hydrogens is 474 g/mol. The number of fused-ring (bicyclic) bond motifs is 3. The first-order valence-corrected chi connectivity index (χ1v) is 14.2. The van der Waals surface area contributed by atoms with E-state index in [1.807, 2.05) is 36.8 Å². The highest BCUT2D eigenvalue weighted by Gasteiger charge is 2.08. The van der Waals surface area contributed by atoms with Crippen molar-refractivity contribution in [3.8, 4) is 0 Å². The number of para-hydroxylation sites is 2.